The van der Waals surface area contributed by atoms with Crippen molar-refractivity contribution in [2.45, 2.75) is 0 Å². The summed E-state index contributed by atoms with van der Waals surface area (Å²) in [5.74, 6) is 0.938. The van der Waals surface area contributed by atoms with Crippen LogP contribution in [-0.4, -0.2) is 6.66 Å². The molecule has 0 aromatic rings. The number of hydrogen-bond acceptors (Lipinski definition) is 2. The fraction of sp³-hybridized carbons (Fsp3) is 0.333. The minimum absolute atomic E-state index is 0. The molecule has 1 atom stereocenters. The van der Waals surface area contributed by atoms with Gasteiger partial charge in [0, 0.05) is 7.37 Å². The predicted molar refractivity (Wildman–Crippen MR) is 23.7 cm³/mol. The van der Waals surface area contributed by atoms with Gasteiger partial charge in [-0.05, 0) is 12.5 Å². The first-order valence-corrected chi connectivity index (χ1v) is 3.62. The Labute approximate surface area is 65.4 Å². The summed E-state index contributed by atoms with van der Waals surface area (Å²) >= 11 is 0. The summed E-state index contributed by atoms with van der Waals surface area (Å²) in [4.78, 5) is 9.91. The molecule has 7 heavy (non-hydrogen) atoms. The maximum Gasteiger partial charge on any atom is 1.00 e. The van der Waals surface area contributed by atoms with Crippen LogP contribution in [0.25, 0.3) is 0 Å². The van der Waals surface area contributed by atoms with Crippen LogP contribution in [0, 0.1) is 0 Å². The topological polar surface area (TPSA) is 40.1 Å². The van der Waals surface area contributed by atoms with E-state index >= 15 is 0 Å². The molecule has 4 heteroatoms. The van der Waals surface area contributed by atoms with Gasteiger partial charge in [-0.15, -0.1) is 0 Å². The Bertz CT molecular complexity index is 95.1. The van der Waals surface area contributed by atoms with Gasteiger partial charge < -0.3 is 9.46 Å². The van der Waals surface area contributed by atoms with Gasteiger partial charge in [0.1, 0.15) is 0 Å². The van der Waals surface area contributed by atoms with Crippen LogP contribution in [0.15, 0.2) is 12.4 Å². The van der Waals surface area contributed by atoms with Crippen molar-refractivity contribution in [2.75, 3.05) is 6.66 Å². The summed E-state index contributed by atoms with van der Waals surface area (Å²) < 4.78 is 9.91. The molecule has 0 aliphatic rings. The van der Waals surface area contributed by atoms with E-state index in [2.05, 4.69) is 6.58 Å². The van der Waals surface area contributed by atoms with Crippen LogP contribution >= 0.6 is 7.37 Å². The smallest absolute Gasteiger partial charge is 0.797 e. The average Bonchev–Trinajstić information content (AvgIpc) is 1.35. The molecule has 0 aromatic heterocycles. The van der Waals surface area contributed by atoms with Crippen molar-refractivity contribution < 1.29 is 39.0 Å². The normalized spacial score (nSPS) is 16.3. The van der Waals surface area contributed by atoms with Gasteiger partial charge in [0.2, 0.25) is 0 Å². The van der Waals surface area contributed by atoms with Gasteiger partial charge in [0.15, 0.2) is 0 Å². The Morgan fingerprint density at radius 3 is 2.00 bits per heavy atom. The molecule has 0 aliphatic carbocycles. The van der Waals surface area contributed by atoms with Crippen LogP contribution in [0.5, 0.6) is 0 Å². The molecule has 2 nitrogen and oxygen atoms in total. The van der Waals surface area contributed by atoms with Crippen molar-refractivity contribution in [3.05, 3.63) is 12.4 Å². The average molecular weight is 128 g/mol. The van der Waals surface area contributed by atoms with Crippen molar-refractivity contribution in [1.29, 1.82) is 0 Å². The summed E-state index contributed by atoms with van der Waals surface area (Å²) in [5, 5.41) is 0. The molecule has 0 spiro atoms. The summed E-state index contributed by atoms with van der Waals surface area (Å²) in [7, 11) is -3.13. The third-order valence-corrected chi connectivity index (χ3v) is 0.995. The minimum Gasteiger partial charge on any atom is -0.797 e. The fourth-order valence-electron chi connectivity index (χ4n) is 0. The zero-order valence-electron chi connectivity index (χ0n) is 4.55. The molecular weight excluding hydrogens is 122 g/mol. The van der Waals surface area contributed by atoms with Crippen LogP contribution in [0.3, 0.4) is 0 Å². The quantitative estimate of drug-likeness (QED) is 0.287. The molecule has 0 heterocycles. The van der Waals surface area contributed by atoms with E-state index in [4.69, 9.17) is 0 Å². The van der Waals surface area contributed by atoms with Gasteiger partial charge in [-0.3, -0.25) is 0 Å². The van der Waals surface area contributed by atoms with Gasteiger partial charge in [0.25, 0.3) is 0 Å². The van der Waals surface area contributed by atoms with Gasteiger partial charge in [-0.25, -0.2) is 0 Å². The Morgan fingerprint density at radius 1 is 1.86 bits per heavy atom. The van der Waals surface area contributed by atoms with E-state index in [0.29, 0.717) is 0 Å². The fourth-order valence-corrected chi connectivity index (χ4v) is 0. The van der Waals surface area contributed by atoms with Crippen LogP contribution in [-0.2, 0) is 4.57 Å². The Balaban J connectivity index is 0. The summed E-state index contributed by atoms with van der Waals surface area (Å²) in [6.07, 6.45) is 0. The van der Waals surface area contributed by atoms with Crippen LogP contribution in [0.2, 0.25) is 0 Å². The summed E-state index contributed by atoms with van der Waals surface area (Å²) in [5.41, 5.74) is 0. The molecule has 0 saturated heterocycles. The van der Waals surface area contributed by atoms with Crippen LogP contribution in [0.4, 0.5) is 0 Å². The second-order valence-corrected chi connectivity index (χ2v) is 3.27. The second kappa shape index (κ2) is 3.88. The van der Waals surface area contributed by atoms with E-state index in [0.717, 1.165) is 12.5 Å². The Kier molecular flexibility index (Phi) is 6.00. The number of rotatable bonds is 1. The molecule has 0 rings (SSSR count). The van der Waals surface area contributed by atoms with Crippen molar-refractivity contribution in [2.24, 2.45) is 0 Å². The van der Waals surface area contributed by atoms with Gasteiger partial charge in [-0.1, -0.05) is 6.58 Å². The molecule has 0 bridgehead atoms. The monoisotopic (exact) mass is 128 g/mol. The first-order chi connectivity index (χ1) is 2.56. The molecule has 0 radical (unpaired) electrons. The summed E-state index contributed by atoms with van der Waals surface area (Å²) in [6, 6.07) is 0. The largest absolute Gasteiger partial charge is 1.00 e. The Hall–Kier alpha value is 0.930. The van der Waals surface area contributed by atoms with E-state index in [9.17, 15) is 9.46 Å². The maximum atomic E-state index is 9.91. The predicted octanol–water partition coefficient (Wildman–Crippen LogP) is -2.60. The zero-order chi connectivity index (χ0) is 5.21. The van der Waals surface area contributed by atoms with Gasteiger partial charge in [0.05, 0.1) is 0 Å². The molecule has 0 saturated carbocycles. The van der Waals surface area contributed by atoms with Gasteiger partial charge in [-0.2, -0.15) is 0 Å². The standard InChI is InChI=1S/C3H7O2P.Na/c1-3-6(2,4)5;/h3H,1H2,2H3,(H,4,5);/q;+1/p-1. The van der Waals surface area contributed by atoms with E-state index in [1.165, 1.54) is 0 Å². The van der Waals surface area contributed by atoms with Crippen molar-refractivity contribution in [3.8, 4) is 0 Å². The molecule has 0 aromatic carbocycles. The van der Waals surface area contributed by atoms with Crippen molar-refractivity contribution in [3.63, 3.8) is 0 Å². The van der Waals surface area contributed by atoms with Crippen molar-refractivity contribution in [1.82, 2.24) is 0 Å². The van der Waals surface area contributed by atoms with Gasteiger partial charge >= 0.3 is 29.6 Å². The zero-order valence-corrected chi connectivity index (χ0v) is 7.44. The van der Waals surface area contributed by atoms with E-state index in [-0.39, 0.29) is 29.6 Å². The SMILES string of the molecule is C=CP(C)(=O)[O-].[Na+]. The van der Waals surface area contributed by atoms with E-state index in [1.54, 1.807) is 0 Å². The number of hydrogen-bond donors (Lipinski definition) is 0. The molecule has 0 aliphatic heterocycles. The molecule has 0 fully saturated rings. The Morgan fingerprint density at radius 2 is 2.00 bits per heavy atom. The van der Waals surface area contributed by atoms with Crippen molar-refractivity contribution >= 4 is 7.37 Å². The minimum atomic E-state index is -3.13. The van der Waals surface area contributed by atoms with E-state index in [1.807, 2.05) is 0 Å². The molecular formula is C3H6NaO2P. The second-order valence-electron chi connectivity index (χ2n) is 1.09. The first-order valence-electron chi connectivity index (χ1n) is 1.48. The summed E-state index contributed by atoms with van der Waals surface area (Å²) in [6.45, 7) is 4.18. The first kappa shape index (κ1) is 10.8. The third kappa shape index (κ3) is 10.9. The van der Waals surface area contributed by atoms with E-state index < -0.39 is 7.37 Å². The molecule has 0 N–H and O–H groups in total. The molecule has 1 unspecified atom stereocenters. The molecule has 0 amide bonds. The third-order valence-electron chi connectivity index (χ3n) is 0.332. The van der Waals surface area contributed by atoms with Crippen LogP contribution < -0.4 is 34.5 Å². The molecule has 36 valence electrons. The van der Waals surface area contributed by atoms with Crippen LogP contribution in [0.1, 0.15) is 0 Å². The maximum absolute atomic E-state index is 9.91.